The van der Waals surface area contributed by atoms with E-state index >= 15 is 0 Å². The van der Waals surface area contributed by atoms with Crippen LogP contribution in [-0.4, -0.2) is 62.2 Å². The Balaban J connectivity index is 1.44. The molecule has 32 heavy (non-hydrogen) atoms. The smallest absolute Gasteiger partial charge is 0.286 e. The molecule has 1 atom stereocenters. The first-order valence-corrected chi connectivity index (χ1v) is 12.5. The van der Waals surface area contributed by atoms with Gasteiger partial charge >= 0.3 is 0 Å². The molecule has 2 aromatic rings. The summed E-state index contributed by atoms with van der Waals surface area (Å²) in [4.78, 5) is 26.2. The van der Waals surface area contributed by atoms with E-state index in [1.807, 2.05) is 12.1 Å². The minimum atomic E-state index is -3.57. The number of nitrogens with zero attached hydrogens (tertiary/aromatic N) is 2. The molecule has 174 valence electrons. The molecule has 0 spiro atoms. The van der Waals surface area contributed by atoms with Crippen LogP contribution in [0.25, 0.3) is 0 Å². The third-order valence-electron chi connectivity index (χ3n) is 5.89. The first kappa shape index (κ1) is 24.0. The van der Waals surface area contributed by atoms with E-state index < -0.39 is 10.0 Å². The van der Waals surface area contributed by atoms with Crippen molar-refractivity contribution in [3.8, 4) is 0 Å². The molecule has 1 aromatic carbocycles. The predicted molar refractivity (Wildman–Crippen MR) is 121 cm³/mol. The van der Waals surface area contributed by atoms with Crippen LogP contribution in [0.2, 0.25) is 0 Å². The second-order valence-electron chi connectivity index (χ2n) is 8.00. The van der Waals surface area contributed by atoms with Gasteiger partial charge in [-0.2, -0.15) is 4.31 Å². The van der Waals surface area contributed by atoms with E-state index in [0.29, 0.717) is 38.4 Å². The molecular formula is C23H31N3O5S. The number of carbonyl (C=O) groups excluding carboxylic acids is 2. The highest BCUT2D eigenvalue weighted by molar-refractivity contribution is 7.89. The maximum Gasteiger partial charge on any atom is 0.286 e. The molecule has 1 saturated heterocycles. The minimum Gasteiger partial charge on any atom is -0.459 e. The van der Waals surface area contributed by atoms with Crippen LogP contribution in [-0.2, 0) is 14.8 Å². The molecule has 2 amide bonds. The fraction of sp³-hybridized carbons (Fsp3) is 0.478. The Bertz CT molecular complexity index is 995. The van der Waals surface area contributed by atoms with Crippen molar-refractivity contribution in [2.45, 2.75) is 43.9 Å². The van der Waals surface area contributed by atoms with Crippen LogP contribution in [0, 0.1) is 0 Å². The standard InChI is InChI=1S/C23H31N3O5S/c1-3-18(2)19-8-10-20(11-9-19)32(29,30)26-15-13-25(14-16-26)22(27)7-4-12-24-23(28)21-6-5-17-31-21/h5-6,8-11,17-18H,3-4,7,12-16H2,1-2H3,(H,24,28). The zero-order valence-corrected chi connectivity index (χ0v) is 19.4. The van der Waals surface area contributed by atoms with Crippen molar-refractivity contribution >= 4 is 21.8 Å². The van der Waals surface area contributed by atoms with E-state index in [1.54, 1.807) is 29.2 Å². The van der Waals surface area contributed by atoms with Crippen molar-refractivity contribution < 1.29 is 22.4 Å². The molecule has 0 saturated carbocycles. The number of carbonyl (C=O) groups is 2. The first-order chi connectivity index (χ1) is 15.3. The van der Waals surface area contributed by atoms with Gasteiger partial charge in [-0.3, -0.25) is 9.59 Å². The van der Waals surface area contributed by atoms with E-state index in [1.165, 1.54) is 10.6 Å². The lowest BCUT2D eigenvalue weighted by molar-refractivity contribution is -0.132. The van der Waals surface area contributed by atoms with E-state index in [4.69, 9.17) is 4.42 Å². The molecule has 8 nitrogen and oxygen atoms in total. The third kappa shape index (κ3) is 5.77. The van der Waals surface area contributed by atoms with E-state index in [9.17, 15) is 18.0 Å². The van der Waals surface area contributed by atoms with Gasteiger partial charge in [0.2, 0.25) is 15.9 Å². The maximum atomic E-state index is 13.0. The number of benzene rings is 1. The lowest BCUT2D eigenvalue weighted by atomic mass is 9.99. The molecule has 1 aliphatic heterocycles. The van der Waals surface area contributed by atoms with Crippen molar-refractivity contribution in [3.05, 3.63) is 54.0 Å². The summed E-state index contributed by atoms with van der Waals surface area (Å²) in [6, 6.07) is 10.3. The van der Waals surface area contributed by atoms with Crippen molar-refractivity contribution in [1.82, 2.24) is 14.5 Å². The van der Waals surface area contributed by atoms with Crippen molar-refractivity contribution in [2.24, 2.45) is 0 Å². The highest BCUT2D eigenvalue weighted by Crippen LogP contribution is 2.23. The van der Waals surface area contributed by atoms with Crippen LogP contribution in [0.4, 0.5) is 0 Å². The fourth-order valence-electron chi connectivity index (χ4n) is 3.63. The molecule has 1 unspecified atom stereocenters. The number of nitrogens with one attached hydrogen (secondary N) is 1. The Morgan fingerprint density at radius 3 is 2.38 bits per heavy atom. The Morgan fingerprint density at radius 1 is 1.09 bits per heavy atom. The number of piperazine rings is 1. The van der Waals surface area contributed by atoms with Crippen LogP contribution >= 0.6 is 0 Å². The molecule has 1 N–H and O–H groups in total. The van der Waals surface area contributed by atoms with Gasteiger partial charge in [-0.1, -0.05) is 26.0 Å². The number of furan rings is 1. The number of hydrogen-bond acceptors (Lipinski definition) is 5. The summed E-state index contributed by atoms with van der Waals surface area (Å²) in [5, 5.41) is 2.71. The molecule has 1 aliphatic rings. The first-order valence-electron chi connectivity index (χ1n) is 11.0. The number of hydrogen-bond donors (Lipinski definition) is 1. The predicted octanol–water partition coefficient (Wildman–Crippen LogP) is 2.84. The van der Waals surface area contributed by atoms with Crippen LogP contribution in [0.1, 0.15) is 55.1 Å². The zero-order valence-electron chi connectivity index (χ0n) is 18.6. The summed E-state index contributed by atoms with van der Waals surface area (Å²) in [5.74, 6) is 0.286. The summed E-state index contributed by atoms with van der Waals surface area (Å²) in [7, 11) is -3.57. The summed E-state index contributed by atoms with van der Waals surface area (Å²) < 4.78 is 32.4. The molecule has 0 bridgehead atoms. The molecule has 3 rings (SSSR count). The topological polar surface area (TPSA) is 99.9 Å². The Morgan fingerprint density at radius 2 is 1.78 bits per heavy atom. The highest BCUT2D eigenvalue weighted by Gasteiger charge is 2.30. The van der Waals surface area contributed by atoms with Gasteiger partial charge in [0.1, 0.15) is 0 Å². The fourth-order valence-corrected chi connectivity index (χ4v) is 5.05. The SMILES string of the molecule is CCC(C)c1ccc(S(=O)(=O)N2CCN(C(=O)CCCNC(=O)c3ccco3)CC2)cc1. The average molecular weight is 462 g/mol. The monoisotopic (exact) mass is 461 g/mol. The Hall–Kier alpha value is -2.65. The van der Waals surface area contributed by atoms with Crippen molar-refractivity contribution in [3.63, 3.8) is 0 Å². The van der Waals surface area contributed by atoms with Crippen LogP contribution in [0.3, 0.4) is 0 Å². The van der Waals surface area contributed by atoms with Crippen LogP contribution in [0.5, 0.6) is 0 Å². The van der Waals surface area contributed by atoms with Crippen molar-refractivity contribution in [1.29, 1.82) is 0 Å². The number of rotatable bonds is 9. The van der Waals surface area contributed by atoms with Gasteiger partial charge in [-0.05, 0) is 48.6 Å². The van der Waals surface area contributed by atoms with Gasteiger partial charge in [0.05, 0.1) is 11.2 Å². The van der Waals surface area contributed by atoms with E-state index in [0.717, 1.165) is 12.0 Å². The quantitative estimate of drug-likeness (QED) is 0.579. The van der Waals surface area contributed by atoms with Gasteiger partial charge < -0.3 is 14.6 Å². The van der Waals surface area contributed by atoms with Crippen LogP contribution < -0.4 is 5.32 Å². The third-order valence-corrected chi connectivity index (χ3v) is 7.80. The zero-order chi connectivity index (χ0) is 23.1. The average Bonchev–Trinajstić information content (AvgIpc) is 3.36. The van der Waals surface area contributed by atoms with E-state index in [-0.39, 0.29) is 35.6 Å². The summed E-state index contributed by atoms with van der Waals surface area (Å²) in [5.41, 5.74) is 1.13. The van der Waals surface area contributed by atoms with Crippen molar-refractivity contribution in [2.75, 3.05) is 32.7 Å². The molecule has 0 aliphatic carbocycles. The second kappa shape index (κ2) is 10.8. The maximum absolute atomic E-state index is 13.0. The summed E-state index contributed by atoms with van der Waals surface area (Å²) >= 11 is 0. The minimum absolute atomic E-state index is 0.0350. The van der Waals surface area contributed by atoms with Gasteiger partial charge in [0, 0.05) is 39.1 Å². The molecule has 0 radical (unpaired) electrons. The number of sulfonamides is 1. The van der Waals surface area contributed by atoms with Gasteiger partial charge in [0.15, 0.2) is 5.76 Å². The second-order valence-corrected chi connectivity index (χ2v) is 9.94. The lowest BCUT2D eigenvalue weighted by Crippen LogP contribution is -2.50. The number of amides is 2. The van der Waals surface area contributed by atoms with Gasteiger partial charge in [-0.15, -0.1) is 0 Å². The van der Waals surface area contributed by atoms with Crippen LogP contribution in [0.15, 0.2) is 52.0 Å². The molecule has 1 fully saturated rings. The molecule has 2 heterocycles. The molecule has 1 aromatic heterocycles. The summed E-state index contributed by atoms with van der Waals surface area (Å²) in [6.07, 6.45) is 3.23. The highest BCUT2D eigenvalue weighted by atomic mass is 32.2. The summed E-state index contributed by atoms with van der Waals surface area (Å²) in [6.45, 7) is 5.86. The van der Waals surface area contributed by atoms with Gasteiger partial charge in [0.25, 0.3) is 5.91 Å². The normalized spacial score (nSPS) is 16.0. The molecular weight excluding hydrogens is 430 g/mol. The molecule has 9 heteroatoms. The lowest BCUT2D eigenvalue weighted by Gasteiger charge is -2.34. The Labute approximate surface area is 189 Å². The van der Waals surface area contributed by atoms with Gasteiger partial charge in [-0.25, -0.2) is 8.42 Å². The largest absolute Gasteiger partial charge is 0.459 e. The van der Waals surface area contributed by atoms with E-state index in [2.05, 4.69) is 19.2 Å². The Kier molecular flexibility index (Phi) is 8.09.